The zero-order valence-electron chi connectivity index (χ0n) is 11.5. The number of hydrogen-bond acceptors (Lipinski definition) is 2. The highest BCUT2D eigenvalue weighted by Gasteiger charge is 2.32. The summed E-state index contributed by atoms with van der Waals surface area (Å²) in [7, 11) is 0. The van der Waals surface area contributed by atoms with Crippen LogP contribution in [0.3, 0.4) is 0 Å². The van der Waals surface area contributed by atoms with Crippen LogP contribution < -0.4 is 5.32 Å². The van der Waals surface area contributed by atoms with Crippen molar-refractivity contribution in [3.05, 3.63) is 0 Å². The number of amides is 2. The van der Waals surface area contributed by atoms with E-state index in [4.69, 9.17) is 5.11 Å². The van der Waals surface area contributed by atoms with Crippen molar-refractivity contribution in [2.24, 2.45) is 0 Å². The number of carbonyl (C=O) groups is 2. The number of urea groups is 1. The SMILES string of the molecule is CCN(CC(F)(F)F)C(=O)NCCCCCCC(=O)O. The number of nitrogens with one attached hydrogen (secondary N) is 1. The molecule has 20 heavy (non-hydrogen) atoms. The summed E-state index contributed by atoms with van der Waals surface area (Å²) < 4.78 is 36.5. The van der Waals surface area contributed by atoms with Gasteiger partial charge in [0, 0.05) is 19.5 Å². The lowest BCUT2D eigenvalue weighted by atomic mass is 10.1. The second-order valence-electron chi connectivity index (χ2n) is 4.42. The standard InChI is InChI=1S/C12H21F3N2O3/c1-2-17(9-12(13,14)15)11(20)16-8-6-4-3-5-7-10(18)19/h2-9H2,1H3,(H,16,20)(H,18,19). The highest BCUT2D eigenvalue weighted by Crippen LogP contribution is 2.16. The van der Waals surface area contributed by atoms with Crippen LogP contribution in [0.5, 0.6) is 0 Å². The number of carboxylic acid groups (broad SMARTS) is 1. The maximum atomic E-state index is 12.2. The van der Waals surface area contributed by atoms with Crippen LogP contribution in [0.15, 0.2) is 0 Å². The molecule has 0 saturated carbocycles. The highest BCUT2D eigenvalue weighted by atomic mass is 19.4. The van der Waals surface area contributed by atoms with E-state index in [-0.39, 0.29) is 13.0 Å². The van der Waals surface area contributed by atoms with Gasteiger partial charge in [-0.05, 0) is 19.8 Å². The van der Waals surface area contributed by atoms with Gasteiger partial charge in [0.1, 0.15) is 6.54 Å². The molecule has 0 saturated heterocycles. The third-order valence-corrected chi connectivity index (χ3v) is 2.63. The van der Waals surface area contributed by atoms with Crippen molar-refractivity contribution in [3.63, 3.8) is 0 Å². The lowest BCUT2D eigenvalue weighted by Gasteiger charge is -2.22. The molecule has 2 N–H and O–H groups in total. The number of hydrogen-bond donors (Lipinski definition) is 2. The zero-order chi connectivity index (χ0) is 15.6. The fraction of sp³-hybridized carbons (Fsp3) is 0.833. The Bertz CT molecular complexity index is 309. The normalized spacial score (nSPS) is 11.2. The molecule has 0 heterocycles. The lowest BCUT2D eigenvalue weighted by Crippen LogP contribution is -2.44. The predicted molar refractivity (Wildman–Crippen MR) is 67.4 cm³/mol. The average molecular weight is 298 g/mol. The average Bonchev–Trinajstić information content (AvgIpc) is 2.33. The van der Waals surface area contributed by atoms with Crippen molar-refractivity contribution in [1.29, 1.82) is 0 Å². The topological polar surface area (TPSA) is 69.6 Å². The summed E-state index contributed by atoms with van der Waals surface area (Å²) in [6.07, 6.45) is -1.64. The van der Waals surface area contributed by atoms with E-state index < -0.39 is 24.7 Å². The highest BCUT2D eigenvalue weighted by molar-refractivity contribution is 5.74. The maximum absolute atomic E-state index is 12.2. The van der Waals surface area contributed by atoms with Crippen molar-refractivity contribution in [2.45, 2.75) is 45.2 Å². The van der Waals surface area contributed by atoms with Gasteiger partial charge in [0.05, 0.1) is 0 Å². The molecule has 0 radical (unpaired) electrons. The van der Waals surface area contributed by atoms with Gasteiger partial charge < -0.3 is 15.3 Å². The summed E-state index contributed by atoms with van der Waals surface area (Å²) in [6.45, 7) is 0.509. The van der Waals surface area contributed by atoms with Crippen LogP contribution >= 0.6 is 0 Å². The molecule has 0 spiro atoms. The third-order valence-electron chi connectivity index (χ3n) is 2.63. The summed E-state index contributed by atoms with van der Waals surface area (Å²) in [5.74, 6) is -0.843. The number of unbranched alkanes of at least 4 members (excludes halogenated alkanes) is 3. The van der Waals surface area contributed by atoms with Gasteiger partial charge in [-0.1, -0.05) is 12.8 Å². The monoisotopic (exact) mass is 298 g/mol. The fourth-order valence-electron chi connectivity index (χ4n) is 1.61. The molecule has 0 atom stereocenters. The second kappa shape index (κ2) is 9.44. The first-order valence-corrected chi connectivity index (χ1v) is 6.57. The van der Waals surface area contributed by atoms with Crippen LogP contribution in [0.4, 0.5) is 18.0 Å². The van der Waals surface area contributed by atoms with Crippen LogP contribution in [0.25, 0.3) is 0 Å². The summed E-state index contributed by atoms with van der Waals surface area (Å²) in [6, 6.07) is -0.727. The quantitative estimate of drug-likeness (QED) is 0.643. The molecule has 0 aromatic heterocycles. The Kier molecular flexibility index (Phi) is 8.74. The van der Waals surface area contributed by atoms with E-state index in [1.165, 1.54) is 6.92 Å². The number of aliphatic carboxylic acids is 1. The molecular formula is C12H21F3N2O3. The smallest absolute Gasteiger partial charge is 0.406 e. The van der Waals surface area contributed by atoms with Gasteiger partial charge in [0.15, 0.2) is 0 Å². The summed E-state index contributed by atoms with van der Waals surface area (Å²) in [5.41, 5.74) is 0. The largest absolute Gasteiger partial charge is 0.481 e. The molecule has 0 aliphatic heterocycles. The summed E-state index contributed by atoms with van der Waals surface area (Å²) in [4.78, 5) is 22.4. The Morgan fingerprint density at radius 1 is 1.15 bits per heavy atom. The number of halogens is 3. The maximum Gasteiger partial charge on any atom is 0.406 e. The van der Waals surface area contributed by atoms with Gasteiger partial charge >= 0.3 is 18.2 Å². The molecule has 8 heteroatoms. The molecule has 118 valence electrons. The molecule has 0 fully saturated rings. The van der Waals surface area contributed by atoms with Crippen molar-refractivity contribution in [3.8, 4) is 0 Å². The molecule has 0 aliphatic carbocycles. The number of nitrogens with zero attached hydrogens (tertiary/aromatic N) is 1. The van der Waals surface area contributed by atoms with E-state index >= 15 is 0 Å². The Hall–Kier alpha value is -1.47. The van der Waals surface area contributed by atoms with E-state index in [2.05, 4.69) is 5.32 Å². The summed E-state index contributed by atoms with van der Waals surface area (Å²) >= 11 is 0. The van der Waals surface area contributed by atoms with Crippen molar-refractivity contribution >= 4 is 12.0 Å². The van der Waals surface area contributed by atoms with Gasteiger partial charge in [-0.15, -0.1) is 0 Å². The van der Waals surface area contributed by atoms with Crippen LogP contribution in [0.2, 0.25) is 0 Å². The minimum absolute atomic E-state index is 0.00997. The first-order valence-electron chi connectivity index (χ1n) is 6.57. The van der Waals surface area contributed by atoms with Crippen molar-refractivity contribution in [2.75, 3.05) is 19.6 Å². The Balaban J connectivity index is 3.73. The molecule has 0 rings (SSSR count). The minimum Gasteiger partial charge on any atom is -0.481 e. The van der Waals surface area contributed by atoms with Gasteiger partial charge in [0.2, 0.25) is 0 Å². The molecule has 5 nitrogen and oxygen atoms in total. The molecule has 0 bridgehead atoms. The van der Waals surface area contributed by atoms with Gasteiger partial charge in [-0.3, -0.25) is 4.79 Å². The molecule has 0 aliphatic rings. The van der Waals surface area contributed by atoms with E-state index in [0.717, 1.165) is 12.8 Å². The molecule has 2 amide bonds. The molecule has 0 aromatic rings. The van der Waals surface area contributed by atoms with E-state index in [1.807, 2.05) is 0 Å². The first-order chi connectivity index (χ1) is 9.26. The number of alkyl halides is 3. The second-order valence-corrected chi connectivity index (χ2v) is 4.42. The third kappa shape index (κ3) is 10.5. The van der Waals surface area contributed by atoms with Crippen LogP contribution in [-0.4, -0.2) is 47.8 Å². The van der Waals surface area contributed by atoms with Gasteiger partial charge in [-0.25, -0.2) is 4.79 Å². The first kappa shape index (κ1) is 18.5. The Morgan fingerprint density at radius 2 is 1.75 bits per heavy atom. The van der Waals surface area contributed by atoms with Crippen LogP contribution in [-0.2, 0) is 4.79 Å². The summed E-state index contributed by atoms with van der Waals surface area (Å²) in [5, 5.41) is 10.8. The zero-order valence-corrected chi connectivity index (χ0v) is 11.5. The van der Waals surface area contributed by atoms with E-state index in [1.54, 1.807) is 0 Å². The number of rotatable bonds is 9. The van der Waals surface area contributed by atoms with Crippen molar-refractivity contribution in [1.82, 2.24) is 10.2 Å². The Labute approximate surface area is 116 Å². The molecular weight excluding hydrogens is 277 g/mol. The minimum atomic E-state index is -4.40. The van der Waals surface area contributed by atoms with Crippen LogP contribution in [0, 0.1) is 0 Å². The van der Waals surface area contributed by atoms with Crippen LogP contribution in [0.1, 0.15) is 39.0 Å². The molecule has 0 unspecified atom stereocenters. The fourth-order valence-corrected chi connectivity index (χ4v) is 1.61. The predicted octanol–water partition coefficient (Wildman–Crippen LogP) is 2.62. The van der Waals surface area contributed by atoms with Gasteiger partial charge in [0.25, 0.3) is 0 Å². The van der Waals surface area contributed by atoms with E-state index in [0.29, 0.717) is 24.3 Å². The molecule has 0 aromatic carbocycles. The van der Waals surface area contributed by atoms with Crippen molar-refractivity contribution < 1.29 is 27.9 Å². The lowest BCUT2D eigenvalue weighted by molar-refractivity contribution is -0.139. The van der Waals surface area contributed by atoms with E-state index in [9.17, 15) is 22.8 Å². The number of carboxylic acids is 1. The van der Waals surface area contributed by atoms with Gasteiger partial charge in [-0.2, -0.15) is 13.2 Å². The number of carbonyl (C=O) groups excluding carboxylic acids is 1. The Morgan fingerprint density at radius 3 is 2.25 bits per heavy atom.